The number of amidine groups is 2. The van der Waals surface area contributed by atoms with Crippen LogP contribution < -0.4 is 5.32 Å². The zero-order chi connectivity index (χ0) is 41.4. The summed E-state index contributed by atoms with van der Waals surface area (Å²) in [6.07, 6.45) is -0.263. The molecule has 13 rings (SSSR count). The molecule has 3 aromatic heterocycles. The maximum absolute atomic E-state index is 5.11. The van der Waals surface area contributed by atoms with Crippen molar-refractivity contribution in [3.05, 3.63) is 229 Å². The highest BCUT2D eigenvalue weighted by atomic mass is 32.1. The van der Waals surface area contributed by atoms with Crippen molar-refractivity contribution < 1.29 is 0 Å². The third kappa shape index (κ3) is 5.76. The quantitative estimate of drug-likeness (QED) is 0.178. The lowest BCUT2D eigenvalue weighted by Crippen LogP contribution is -2.33. The first-order chi connectivity index (χ1) is 31.2. The van der Waals surface area contributed by atoms with Crippen molar-refractivity contribution in [2.75, 3.05) is 0 Å². The standard InChI is InChI=1S/C57H37N5S/c1-4-15-36(16-5-1)55-58-56(37-17-6-2-7-18-37)60-57(59-55)40-20-14-19-38(33-40)39-27-29-45-46-31-32-51-53(54(46)62(50(45)34-39)41-21-8-3-9-22-41)47-30-28-42(35-52(47)63-51)61-48-25-12-10-23-43(48)44-24-11-13-26-49(44)61/h1-35,55H,(H,58,59,60). The second kappa shape index (κ2) is 14.3. The minimum atomic E-state index is -0.263. The van der Waals surface area contributed by atoms with Crippen LogP contribution in [0.2, 0.25) is 0 Å². The number of benzene rings is 9. The minimum absolute atomic E-state index is 0.263. The number of aromatic nitrogens is 2. The summed E-state index contributed by atoms with van der Waals surface area (Å²) in [5, 5.41) is 11.2. The van der Waals surface area contributed by atoms with Gasteiger partial charge < -0.3 is 14.5 Å². The molecule has 1 aliphatic rings. The number of nitrogens with zero attached hydrogens (tertiary/aromatic N) is 4. The van der Waals surface area contributed by atoms with E-state index in [1.54, 1.807) is 0 Å². The second-order valence-electron chi connectivity index (χ2n) is 16.2. The molecule has 12 aromatic rings. The third-order valence-electron chi connectivity index (χ3n) is 12.6. The van der Waals surface area contributed by atoms with Gasteiger partial charge in [0.15, 0.2) is 5.84 Å². The lowest BCUT2D eigenvalue weighted by Gasteiger charge is -2.24. The van der Waals surface area contributed by atoms with E-state index in [0.29, 0.717) is 5.84 Å². The molecule has 1 atom stereocenters. The summed E-state index contributed by atoms with van der Waals surface area (Å²) in [6, 6.07) is 76.2. The van der Waals surface area contributed by atoms with Crippen LogP contribution in [-0.2, 0) is 0 Å². The van der Waals surface area contributed by atoms with Crippen LogP contribution in [0.25, 0.3) is 86.3 Å². The van der Waals surface area contributed by atoms with Crippen LogP contribution in [-0.4, -0.2) is 20.8 Å². The van der Waals surface area contributed by atoms with Gasteiger partial charge >= 0.3 is 0 Å². The van der Waals surface area contributed by atoms with Crippen LogP contribution in [0.15, 0.2) is 222 Å². The monoisotopic (exact) mass is 823 g/mol. The van der Waals surface area contributed by atoms with E-state index in [1.807, 2.05) is 35.6 Å². The zero-order valence-corrected chi connectivity index (χ0v) is 34.8. The molecule has 6 heteroatoms. The predicted molar refractivity (Wildman–Crippen MR) is 265 cm³/mol. The van der Waals surface area contributed by atoms with Crippen LogP contribution in [0.5, 0.6) is 0 Å². The smallest absolute Gasteiger partial charge is 0.159 e. The molecule has 1 unspecified atom stereocenters. The molecule has 0 spiro atoms. The molecule has 9 aromatic carbocycles. The van der Waals surface area contributed by atoms with Gasteiger partial charge in [0.05, 0.1) is 22.1 Å². The molecule has 0 saturated carbocycles. The van der Waals surface area contributed by atoms with Crippen molar-refractivity contribution in [1.82, 2.24) is 14.5 Å². The molecule has 1 N–H and O–H groups in total. The average Bonchev–Trinajstić information content (AvgIpc) is 4.02. The van der Waals surface area contributed by atoms with E-state index in [0.717, 1.165) is 39.3 Å². The Morgan fingerprint density at radius 3 is 1.81 bits per heavy atom. The Bertz CT molecular complexity index is 3770. The first kappa shape index (κ1) is 35.7. The van der Waals surface area contributed by atoms with Crippen LogP contribution in [0.4, 0.5) is 0 Å². The maximum Gasteiger partial charge on any atom is 0.159 e. The molecule has 296 valence electrons. The summed E-state index contributed by atoms with van der Waals surface area (Å²) in [5.74, 6) is 1.51. The Balaban J connectivity index is 0.967. The van der Waals surface area contributed by atoms with E-state index >= 15 is 0 Å². The van der Waals surface area contributed by atoms with Gasteiger partial charge in [-0.15, -0.1) is 11.3 Å². The molecule has 1 aliphatic heterocycles. The molecule has 63 heavy (non-hydrogen) atoms. The van der Waals surface area contributed by atoms with Gasteiger partial charge in [-0.05, 0) is 71.3 Å². The number of aliphatic imine (C=N–C) groups is 2. The van der Waals surface area contributed by atoms with Crippen molar-refractivity contribution in [2.45, 2.75) is 6.17 Å². The topological polar surface area (TPSA) is 46.6 Å². The molecule has 0 radical (unpaired) electrons. The summed E-state index contributed by atoms with van der Waals surface area (Å²) in [6.45, 7) is 0. The Hall–Kier alpha value is -8.06. The molecule has 0 fully saturated rings. The largest absolute Gasteiger partial charge is 0.344 e. The highest BCUT2D eigenvalue weighted by molar-refractivity contribution is 7.26. The van der Waals surface area contributed by atoms with Crippen molar-refractivity contribution >= 4 is 86.8 Å². The highest BCUT2D eigenvalue weighted by Gasteiger charge is 2.23. The number of hydrogen-bond donors (Lipinski definition) is 1. The van der Waals surface area contributed by atoms with E-state index in [-0.39, 0.29) is 6.17 Å². The summed E-state index contributed by atoms with van der Waals surface area (Å²) in [7, 11) is 0. The highest BCUT2D eigenvalue weighted by Crippen LogP contribution is 2.45. The predicted octanol–water partition coefficient (Wildman–Crippen LogP) is 14.4. The van der Waals surface area contributed by atoms with E-state index in [2.05, 4.69) is 203 Å². The van der Waals surface area contributed by atoms with Crippen LogP contribution in [0, 0.1) is 0 Å². The van der Waals surface area contributed by atoms with Crippen molar-refractivity contribution in [1.29, 1.82) is 0 Å². The van der Waals surface area contributed by atoms with Crippen LogP contribution in [0.3, 0.4) is 0 Å². The molecule has 0 saturated heterocycles. The summed E-state index contributed by atoms with van der Waals surface area (Å²) >= 11 is 1.87. The lowest BCUT2D eigenvalue weighted by molar-refractivity contribution is 0.674. The summed E-state index contributed by atoms with van der Waals surface area (Å²) in [5.41, 5.74) is 12.5. The van der Waals surface area contributed by atoms with Gasteiger partial charge in [0.2, 0.25) is 0 Å². The molecule has 0 aliphatic carbocycles. The molecular weight excluding hydrogens is 787 g/mol. The number of hydrogen-bond acceptors (Lipinski definition) is 4. The third-order valence-corrected chi connectivity index (χ3v) is 13.7. The summed E-state index contributed by atoms with van der Waals surface area (Å²) in [4.78, 5) is 10.2. The lowest BCUT2D eigenvalue weighted by atomic mass is 10.00. The van der Waals surface area contributed by atoms with Gasteiger partial charge in [-0.1, -0.05) is 158 Å². The number of fused-ring (bicyclic) bond motifs is 10. The van der Waals surface area contributed by atoms with Crippen molar-refractivity contribution in [3.8, 4) is 22.5 Å². The molecular formula is C57H37N5S. The molecule has 0 amide bonds. The zero-order valence-electron chi connectivity index (χ0n) is 34.0. The first-order valence-electron chi connectivity index (χ1n) is 21.4. The van der Waals surface area contributed by atoms with E-state index < -0.39 is 0 Å². The minimum Gasteiger partial charge on any atom is -0.344 e. The van der Waals surface area contributed by atoms with Gasteiger partial charge in [0.25, 0.3) is 0 Å². The van der Waals surface area contributed by atoms with Gasteiger partial charge in [-0.25, -0.2) is 9.98 Å². The SMILES string of the molecule is c1ccc(C2=NC(c3ccccc3)NC(c3cccc(-c4ccc5c6ccc7sc8cc(-n9c%10ccccc%10c%10ccccc%109)ccc8c7c6n(-c6ccccc6)c5c4)c3)=N2)cc1. The second-order valence-corrected chi connectivity index (χ2v) is 17.3. The van der Waals surface area contributed by atoms with Crippen LogP contribution >= 0.6 is 11.3 Å². The van der Waals surface area contributed by atoms with E-state index in [9.17, 15) is 0 Å². The van der Waals surface area contributed by atoms with Gasteiger partial charge in [0, 0.05) is 64.2 Å². The fourth-order valence-corrected chi connectivity index (χ4v) is 10.8. The maximum atomic E-state index is 5.11. The molecule has 0 bridgehead atoms. The van der Waals surface area contributed by atoms with E-state index in [1.165, 1.54) is 69.5 Å². The molecule has 5 nitrogen and oxygen atoms in total. The number of thiophene rings is 1. The summed E-state index contributed by atoms with van der Waals surface area (Å²) < 4.78 is 7.44. The van der Waals surface area contributed by atoms with E-state index in [4.69, 9.17) is 9.98 Å². The first-order valence-corrected chi connectivity index (χ1v) is 22.2. The number of para-hydroxylation sites is 3. The Labute approximate surface area is 367 Å². The van der Waals surface area contributed by atoms with Gasteiger partial charge in [-0.2, -0.15) is 0 Å². The van der Waals surface area contributed by atoms with Crippen molar-refractivity contribution in [2.24, 2.45) is 9.98 Å². The van der Waals surface area contributed by atoms with Crippen molar-refractivity contribution in [3.63, 3.8) is 0 Å². The average molecular weight is 824 g/mol. The normalized spacial score (nSPS) is 14.2. The Morgan fingerprint density at radius 2 is 1.03 bits per heavy atom. The fourth-order valence-electron chi connectivity index (χ4n) is 9.68. The fraction of sp³-hybridized carbons (Fsp3) is 0.0175. The van der Waals surface area contributed by atoms with Gasteiger partial charge in [-0.3, -0.25) is 0 Å². The Morgan fingerprint density at radius 1 is 0.413 bits per heavy atom. The van der Waals surface area contributed by atoms with Crippen LogP contribution in [0.1, 0.15) is 22.9 Å². The molecule has 4 heterocycles. The number of rotatable bonds is 6. The van der Waals surface area contributed by atoms with Gasteiger partial charge in [0.1, 0.15) is 12.0 Å². The Kier molecular flexibility index (Phi) is 8.08. The number of nitrogens with one attached hydrogen (secondary N) is 1.